The lowest BCUT2D eigenvalue weighted by Gasteiger charge is -2.42. The number of hydrogen-bond donors (Lipinski definition) is 2. The van der Waals surface area contributed by atoms with Crippen molar-refractivity contribution in [1.29, 1.82) is 0 Å². The zero-order chi connectivity index (χ0) is 20.0. The Hall–Kier alpha value is -0.120. The number of halogens is 1. The van der Waals surface area contributed by atoms with Crippen molar-refractivity contribution in [1.82, 2.24) is 20.4 Å². The lowest BCUT2D eigenvalue weighted by Crippen LogP contribution is -2.53. The van der Waals surface area contributed by atoms with E-state index in [9.17, 15) is 0 Å². The summed E-state index contributed by atoms with van der Waals surface area (Å²) in [4.78, 5) is 9.74. The highest BCUT2D eigenvalue weighted by atomic mass is 127. The molecule has 0 aromatic rings. The quantitative estimate of drug-likeness (QED) is 0.320. The third-order valence-electron chi connectivity index (χ3n) is 7.12. The van der Waals surface area contributed by atoms with E-state index in [0.29, 0.717) is 23.4 Å². The van der Waals surface area contributed by atoms with Gasteiger partial charge in [0.05, 0.1) is 13.2 Å². The minimum atomic E-state index is 0. The van der Waals surface area contributed by atoms with E-state index in [1.807, 2.05) is 7.05 Å². The number of guanidine groups is 1. The Morgan fingerprint density at radius 2 is 1.83 bits per heavy atom. The molecule has 2 heterocycles. The summed E-state index contributed by atoms with van der Waals surface area (Å²) >= 11 is 0. The van der Waals surface area contributed by atoms with Crippen LogP contribution in [-0.4, -0.2) is 87.4 Å². The van der Waals surface area contributed by atoms with Crippen LogP contribution in [0.5, 0.6) is 0 Å². The second-order valence-corrected chi connectivity index (χ2v) is 9.65. The first-order chi connectivity index (χ1) is 13.5. The van der Waals surface area contributed by atoms with Crippen molar-refractivity contribution in [3.63, 3.8) is 0 Å². The van der Waals surface area contributed by atoms with Crippen LogP contribution in [0, 0.1) is 11.3 Å². The van der Waals surface area contributed by atoms with E-state index < -0.39 is 0 Å². The van der Waals surface area contributed by atoms with Crippen LogP contribution in [0.15, 0.2) is 4.99 Å². The average Bonchev–Trinajstić information content (AvgIpc) is 3.07. The van der Waals surface area contributed by atoms with Crippen molar-refractivity contribution < 1.29 is 4.74 Å². The highest BCUT2D eigenvalue weighted by Crippen LogP contribution is 2.36. The summed E-state index contributed by atoms with van der Waals surface area (Å²) in [5.41, 5.74) is 0.373. The van der Waals surface area contributed by atoms with Crippen molar-refractivity contribution in [2.45, 2.75) is 65.0 Å². The van der Waals surface area contributed by atoms with Crippen molar-refractivity contribution >= 4 is 29.9 Å². The van der Waals surface area contributed by atoms with Gasteiger partial charge >= 0.3 is 0 Å². The molecule has 3 fully saturated rings. The predicted octanol–water partition coefficient (Wildman–Crippen LogP) is 2.78. The first-order valence-electron chi connectivity index (χ1n) is 11.5. The van der Waals surface area contributed by atoms with E-state index in [4.69, 9.17) is 4.74 Å². The van der Waals surface area contributed by atoms with E-state index >= 15 is 0 Å². The Balaban J connectivity index is 0.00000300. The molecule has 0 radical (unpaired) electrons. The third kappa shape index (κ3) is 7.21. The fourth-order valence-electron chi connectivity index (χ4n) is 5.18. The summed E-state index contributed by atoms with van der Waals surface area (Å²) in [5, 5.41) is 7.45. The number of rotatable bonds is 6. The van der Waals surface area contributed by atoms with Gasteiger partial charge in [-0.1, -0.05) is 26.2 Å². The number of hydrogen-bond acceptors (Lipinski definition) is 4. The molecular formula is C22H44IN5O. The highest BCUT2D eigenvalue weighted by Gasteiger charge is 2.35. The molecule has 0 amide bonds. The molecule has 2 unspecified atom stereocenters. The molecule has 0 aromatic heterocycles. The molecule has 2 aliphatic heterocycles. The van der Waals surface area contributed by atoms with Gasteiger partial charge < -0.3 is 15.4 Å². The maximum absolute atomic E-state index is 5.56. The van der Waals surface area contributed by atoms with Gasteiger partial charge in [0.2, 0.25) is 0 Å². The van der Waals surface area contributed by atoms with Crippen LogP contribution in [0.3, 0.4) is 0 Å². The Morgan fingerprint density at radius 3 is 2.41 bits per heavy atom. The molecule has 3 aliphatic rings. The molecule has 0 bridgehead atoms. The summed E-state index contributed by atoms with van der Waals surface area (Å²) in [5.74, 6) is 1.63. The maximum atomic E-state index is 5.56. The fourth-order valence-corrected chi connectivity index (χ4v) is 5.18. The molecule has 3 rings (SSSR count). The van der Waals surface area contributed by atoms with Crippen molar-refractivity contribution in [3.05, 3.63) is 0 Å². The molecular weight excluding hydrogens is 477 g/mol. The predicted molar refractivity (Wildman–Crippen MR) is 132 cm³/mol. The Labute approximate surface area is 195 Å². The van der Waals surface area contributed by atoms with Crippen molar-refractivity contribution in [2.75, 3.05) is 59.5 Å². The normalized spacial score (nSPS) is 28.9. The van der Waals surface area contributed by atoms with Gasteiger partial charge in [-0.3, -0.25) is 14.8 Å². The molecule has 6 nitrogen and oxygen atoms in total. The van der Waals surface area contributed by atoms with Gasteiger partial charge in [-0.05, 0) is 32.6 Å². The molecule has 1 saturated carbocycles. The van der Waals surface area contributed by atoms with Gasteiger partial charge in [0.1, 0.15) is 0 Å². The number of likely N-dealkylation sites (tertiary alicyclic amines) is 1. The first kappa shape index (κ1) is 25.1. The smallest absolute Gasteiger partial charge is 0.191 e. The van der Waals surface area contributed by atoms with E-state index in [1.54, 1.807) is 0 Å². The molecule has 2 atom stereocenters. The van der Waals surface area contributed by atoms with E-state index in [1.165, 1.54) is 45.2 Å². The maximum Gasteiger partial charge on any atom is 0.191 e. The standard InChI is InChI=1S/C22H43N5O.HI/c1-18(2)27-14-19(3)20(15-27)25-21(23-4)24-16-22(8-6-5-7-9-22)17-26-10-12-28-13-11-26;/h18-20H,5-17H2,1-4H3,(H2,23,24,25);1H. The van der Waals surface area contributed by atoms with Gasteiger partial charge in [0, 0.05) is 63.8 Å². The Kier molecular flexibility index (Phi) is 10.5. The summed E-state index contributed by atoms with van der Waals surface area (Å²) in [6, 6.07) is 1.10. The summed E-state index contributed by atoms with van der Waals surface area (Å²) in [6.45, 7) is 15.4. The number of nitrogens with zero attached hydrogens (tertiary/aromatic N) is 3. The van der Waals surface area contributed by atoms with Gasteiger partial charge in [0.25, 0.3) is 0 Å². The molecule has 0 aromatic carbocycles. The first-order valence-corrected chi connectivity index (χ1v) is 11.5. The Morgan fingerprint density at radius 1 is 1.14 bits per heavy atom. The number of morpholine rings is 1. The van der Waals surface area contributed by atoms with Crippen LogP contribution >= 0.6 is 24.0 Å². The van der Waals surface area contributed by atoms with Crippen LogP contribution < -0.4 is 10.6 Å². The topological polar surface area (TPSA) is 52.1 Å². The van der Waals surface area contributed by atoms with Crippen molar-refractivity contribution in [3.8, 4) is 0 Å². The minimum absolute atomic E-state index is 0. The number of ether oxygens (including phenoxy) is 1. The van der Waals surface area contributed by atoms with Crippen LogP contribution in [0.1, 0.15) is 52.9 Å². The third-order valence-corrected chi connectivity index (χ3v) is 7.12. The molecule has 2 saturated heterocycles. The van der Waals surface area contributed by atoms with Crippen molar-refractivity contribution in [2.24, 2.45) is 16.3 Å². The largest absolute Gasteiger partial charge is 0.379 e. The molecule has 170 valence electrons. The lowest BCUT2D eigenvalue weighted by molar-refractivity contribution is 0.00819. The second-order valence-electron chi connectivity index (χ2n) is 9.65. The molecule has 0 spiro atoms. The van der Waals surface area contributed by atoms with Gasteiger partial charge in [-0.15, -0.1) is 24.0 Å². The molecule has 7 heteroatoms. The van der Waals surface area contributed by atoms with E-state index in [2.05, 4.69) is 46.2 Å². The highest BCUT2D eigenvalue weighted by molar-refractivity contribution is 14.0. The Bertz CT molecular complexity index is 503. The van der Waals surface area contributed by atoms with E-state index in [0.717, 1.165) is 45.4 Å². The molecule has 1 aliphatic carbocycles. The average molecular weight is 522 g/mol. The fraction of sp³-hybridized carbons (Fsp3) is 0.955. The zero-order valence-electron chi connectivity index (χ0n) is 19.1. The minimum Gasteiger partial charge on any atom is -0.379 e. The van der Waals surface area contributed by atoms with Crippen LogP contribution in [0.4, 0.5) is 0 Å². The molecule has 29 heavy (non-hydrogen) atoms. The van der Waals surface area contributed by atoms with Crippen LogP contribution in [-0.2, 0) is 4.74 Å². The summed E-state index contributed by atoms with van der Waals surface area (Å²) in [7, 11) is 1.91. The zero-order valence-corrected chi connectivity index (χ0v) is 21.4. The van der Waals surface area contributed by atoms with E-state index in [-0.39, 0.29) is 24.0 Å². The van der Waals surface area contributed by atoms with Gasteiger partial charge in [-0.25, -0.2) is 0 Å². The van der Waals surface area contributed by atoms with Gasteiger partial charge in [-0.2, -0.15) is 0 Å². The summed E-state index contributed by atoms with van der Waals surface area (Å²) in [6.07, 6.45) is 6.77. The monoisotopic (exact) mass is 521 g/mol. The summed E-state index contributed by atoms with van der Waals surface area (Å²) < 4.78 is 5.56. The van der Waals surface area contributed by atoms with Crippen LogP contribution in [0.25, 0.3) is 0 Å². The number of nitrogens with one attached hydrogen (secondary N) is 2. The second kappa shape index (κ2) is 12.1. The number of aliphatic imine (C=N–C) groups is 1. The lowest BCUT2D eigenvalue weighted by atomic mass is 9.73. The molecule has 2 N–H and O–H groups in total. The van der Waals surface area contributed by atoms with Gasteiger partial charge in [0.15, 0.2) is 5.96 Å². The van der Waals surface area contributed by atoms with Crippen LogP contribution in [0.2, 0.25) is 0 Å². The SMILES string of the molecule is CN=C(NCC1(CN2CCOCC2)CCCCC1)NC1CN(C(C)C)CC1C.I.